The second-order valence-electron chi connectivity index (χ2n) is 5.62. The zero-order chi connectivity index (χ0) is 17.5. The van der Waals surface area contributed by atoms with E-state index in [1.54, 1.807) is 18.2 Å². The monoisotopic (exact) mass is 333 g/mol. The molecule has 0 aliphatic carbocycles. The smallest absolute Gasteiger partial charge is 0.262 e. The van der Waals surface area contributed by atoms with Gasteiger partial charge in [0, 0.05) is 5.69 Å². The number of anilines is 1. The van der Waals surface area contributed by atoms with Crippen LogP contribution in [0.2, 0.25) is 0 Å². The molecule has 1 amide bonds. The van der Waals surface area contributed by atoms with Crippen LogP contribution < -0.4 is 10.1 Å². The van der Waals surface area contributed by atoms with Crippen molar-refractivity contribution in [2.24, 2.45) is 0 Å². The maximum Gasteiger partial charge on any atom is 0.262 e. The lowest BCUT2D eigenvalue weighted by atomic mass is 10.0. The first kappa shape index (κ1) is 16.6. The standard InChI is InChI=1S/C21H19NO3/c23-19-12-6-7-13-20(19)25-15-21(24)22-18-11-5-4-10-17(18)14-16-8-2-1-3-9-16/h1-13,23H,14-15H2,(H,22,24). The third-order valence-corrected chi connectivity index (χ3v) is 3.75. The summed E-state index contributed by atoms with van der Waals surface area (Å²) in [6, 6.07) is 24.3. The number of aromatic hydroxyl groups is 1. The lowest BCUT2D eigenvalue weighted by molar-refractivity contribution is -0.118. The van der Waals surface area contributed by atoms with Crippen molar-refractivity contribution in [1.82, 2.24) is 0 Å². The van der Waals surface area contributed by atoms with E-state index < -0.39 is 0 Å². The van der Waals surface area contributed by atoms with E-state index in [0.29, 0.717) is 0 Å². The van der Waals surface area contributed by atoms with Gasteiger partial charge in [0.1, 0.15) is 0 Å². The molecule has 0 aliphatic heterocycles. The summed E-state index contributed by atoms with van der Waals surface area (Å²) < 4.78 is 5.37. The van der Waals surface area contributed by atoms with Gasteiger partial charge in [-0.25, -0.2) is 0 Å². The molecule has 3 rings (SSSR count). The molecule has 0 aromatic heterocycles. The van der Waals surface area contributed by atoms with Gasteiger partial charge in [-0.3, -0.25) is 4.79 Å². The average molecular weight is 333 g/mol. The Morgan fingerprint density at radius 2 is 1.56 bits per heavy atom. The van der Waals surface area contributed by atoms with Crippen LogP contribution in [0.15, 0.2) is 78.9 Å². The Kier molecular flexibility index (Phi) is 5.32. The number of carbonyl (C=O) groups is 1. The number of amides is 1. The maximum atomic E-state index is 12.2. The van der Waals surface area contributed by atoms with Gasteiger partial charge >= 0.3 is 0 Å². The zero-order valence-corrected chi connectivity index (χ0v) is 13.7. The molecular weight excluding hydrogens is 314 g/mol. The SMILES string of the molecule is O=C(COc1ccccc1O)Nc1ccccc1Cc1ccccc1. The van der Waals surface area contributed by atoms with E-state index in [9.17, 15) is 9.90 Å². The fourth-order valence-corrected chi connectivity index (χ4v) is 2.52. The summed E-state index contributed by atoms with van der Waals surface area (Å²) in [4.78, 5) is 12.2. The molecule has 4 heteroatoms. The second-order valence-corrected chi connectivity index (χ2v) is 5.62. The van der Waals surface area contributed by atoms with E-state index in [0.717, 1.165) is 17.7 Å². The van der Waals surface area contributed by atoms with Gasteiger partial charge in [0.05, 0.1) is 0 Å². The molecule has 0 unspecified atom stereocenters. The molecular formula is C21H19NO3. The Labute approximate surface area is 146 Å². The lowest BCUT2D eigenvalue weighted by Gasteiger charge is -2.12. The lowest BCUT2D eigenvalue weighted by Crippen LogP contribution is -2.21. The quantitative estimate of drug-likeness (QED) is 0.717. The number of phenolic OH excluding ortho intramolecular Hbond substituents is 1. The van der Waals surface area contributed by atoms with Crippen molar-refractivity contribution in [3.8, 4) is 11.5 Å². The summed E-state index contributed by atoms with van der Waals surface area (Å²) in [6.07, 6.45) is 0.734. The highest BCUT2D eigenvalue weighted by Crippen LogP contribution is 2.24. The third-order valence-electron chi connectivity index (χ3n) is 3.75. The average Bonchev–Trinajstić information content (AvgIpc) is 2.64. The predicted octanol–water partition coefficient (Wildman–Crippen LogP) is 4.00. The number of phenols is 1. The van der Waals surface area contributed by atoms with Crippen LogP contribution in [0.5, 0.6) is 11.5 Å². The normalized spacial score (nSPS) is 10.2. The molecule has 0 atom stereocenters. The second kappa shape index (κ2) is 8.02. The van der Waals surface area contributed by atoms with Crippen LogP contribution in [0.1, 0.15) is 11.1 Å². The minimum Gasteiger partial charge on any atom is -0.504 e. The Morgan fingerprint density at radius 3 is 2.36 bits per heavy atom. The Morgan fingerprint density at radius 1 is 0.880 bits per heavy atom. The molecule has 0 aliphatic rings. The first-order chi connectivity index (χ1) is 12.2. The van der Waals surface area contributed by atoms with Crippen molar-refractivity contribution in [2.45, 2.75) is 6.42 Å². The van der Waals surface area contributed by atoms with Crippen molar-refractivity contribution in [3.63, 3.8) is 0 Å². The van der Waals surface area contributed by atoms with Crippen LogP contribution in [-0.2, 0) is 11.2 Å². The van der Waals surface area contributed by atoms with E-state index in [-0.39, 0.29) is 24.0 Å². The largest absolute Gasteiger partial charge is 0.504 e. The number of hydrogen-bond acceptors (Lipinski definition) is 3. The molecule has 0 spiro atoms. The first-order valence-electron chi connectivity index (χ1n) is 8.05. The van der Waals surface area contributed by atoms with Gasteiger partial charge in [0.25, 0.3) is 5.91 Å². The van der Waals surface area contributed by atoms with E-state index >= 15 is 0 Å². The van der Waals surface area contributed by atoms with Gasteiger partial charge < -0.3 is 15.2 Å². The van der Waals surface area contributed by atoms with Crippen LogP contribution >= 0.6 is 0 Å². The number of nitrogens with one attached hydrogen (secondary N) is 1. The number of para-hydroxylation sites is 3. The minimum atomic E-state index is -0.274. The summed E-state index contributed by atoms with van der Waals surface area (Å²) in [7, 11) is 0. The van der Waals surface area contributed by atoms with Gasteiger partial charge in [0.2, 0.25) is 0 Å². The molecule has 0 saturated carbocycles. The molecule has 126 valence electrons. The molecule has 0 fully saturated rings. The summed E-state index contributed by atoms with van der Waals surface area (Å²) in [6.45, 7) is -0.169. The Bertz CT molecular complexity index is 847. The van der Waals surface area contributed by atoms with Crippen molar-refractivity contribution in [1.29, 1.82) is 0 Å². The Balaban J connectivity index is 1.64. The van der Waals surface area contributed by atoms with Gasteiger partial charge in [0.15, 0.2) is 18.1 Å². The number of carbonyl (C=O) groups excluding carboxylic acids is 1. The molecule has 0 saturated heterocycles. The van der Waals surface area contributed by atoms with Crippen LogP contribution in [0.3, 0.4) is 0 Å². The third kappa shape index (κ3) is 4.61. The molecule has 0 heterocycles. The highest BCUT2D eigenvalue weighted by molar-refractivity contribution is 5.92. The van der Waals surface area contributed by atoms with Crippen molar-refractivity contribution in [2.75, 3.05) is 11.9 Å². The van der Waals surface area contributed by atoms with Gasteiger partial charge in [-0.05, 0) is 35.7 Å². The molecule has 0 bridgehead atoms. The van der Waals surface area contributed by atoms with Gasteiger partial charge in [-0.1, -0.05) is 60.7 Å². The fraction of sp³-hybridized carbons (Fsp3) is 0.0952. The number of benzene rings is 3. The highest BCUT2D eigenvalue weighted by atomic mass is 16.5. The van der Waals surface area contributed by atoms with E-state index in [1.807, 2.05) is 42.5 Å². The molecule has 0 radical (unpaired) electrons. The summed E-state index contributed by atoms with van der Waals surface area (Å²) in [5, 5.41) is 12.5. The number of rotatable bonds is 6. The number of hydrogen-bond donors (Lipinski definition) is 2. The summed E-state index contributed by atoms with van der Waals surface area (Å²) >= 11 is 0. The van der Waals surface area contributed by atoms with Gasteiger partial charge in [-0.15, -0.1) is 0 Å². The minimum absolute atomic E-state index is 0.0137. The Hall–Kier alpha value is -3.27. The molecule has 25 heavy (non-hydrogen) atoms. The van der Waals surface area contributed by atoms with E-state index in [1.165, 1.54) is 11.6 Å². The van der Waals surface area contributed by atoms with Crippen LogP contribution in [0, 0.1) is 0 Å². The van der Waals surface area contributed by atoms with Crippen molar-refractivity contribution in [3.05, 3.63) is 90.0 Å². The fourth-order valence-electron chi connectivity index (χ4n) is 2.52. The summed E-state index contributed by atoms with van der Waals surface area (Å²) in [5.74, 6) is 0.0266. The van der Waals surface area contributed by atoms with Crippen molar-refractivity contribution >= 4 is 11.6 Å². The van der Waals surface area contributed by atoms with Crippen LogP contribution in [-0.4, -0.2) is 17.6 Å². The topological polar surface area (TPSA) is 58.6 Å². The first-order valence-corrected chi connectivity index (χ1v) is 8.05. The molecule has 3 aromatic carbocycles. The zero-order valence-electron chi connectivity index (χ0n) is 13.7. The van der Waals surface area contributed by atoms with Gasteiger partial charge in [-0.2, -0.15) is 0 Å². The molecule has 4 nitrogen and oxygen atoms in total. The predicted molar refractivity (Wildman–Crippen MR) is 97.9 cm³/mol. The van der Waals surface area contributed by atoms with Crippen LogP contribution in [0.4, 0.5) is 5.69 Å². The molecule has 3 aromatic rings. The van der Waals surface area contributed by atoms with Crippen molar-refractivity contribution < 1.29 is 14.6 Å². The summed E-state index contributed by atoms with van der Waals surface area (Å²) in [5.41, 5.74) is 2.97. The molecule has 2 N–H and O–H groups in total. The number of ether oxygens (including phenoxy) is 1. The van der Waals surface area contributed by atoms with E-state index in [2.05, 4.69) is 17.4 Å². The maximum absolute atomic E-state index is 12.2. The van der Waals surface area contributed by atoms with Crippen LogP contribution in [0.25, 0.3) is 0 Å². The van der Waals surface area contributed by atoms with E-state index in [4.69, 9.17) is 4.74 Å². The highest BCUT2D eigenvalue weighted by Gasteiger charge is 2.09.